The van der Waals surface area contributed by atoms with Crippen molar-refractivity contribution in [1.29, 1.82) is 0 Å². The molecule has 2 fully saturated rings. The Bertz CT molecular complexity index is 325. The summed E-state index contributed by atoms with van der Waals surface area (Å²) in [5.74, 6) is -0.858. The van der Waals surface area contributed by atoms with E-state index in [1.54, 1.807) is 0 Å². The molecule has 2 saturated heterocycles. The molecule has 15 heavy (non-hydrogen) atoms. The second-order valence-corrected chi connectivity index (χ2v) is 5.44. The quantitative estimate of drug-likeness (QED) is 0.413. The number of hydrogen-bond acceptors (Lipinski definition) is 4. The van der Waals surface area contributed by atoms with Crippen LogP contribution in [-0.2, 0) is 19.1 Å². The molecule has 5 heteroatoms. The summed E-state index contributed by atoms with van der Waals surface area (Å²) in [6.45, 7) is 3.63. The van der Waals surface area contributed by atoms with Crippen LogP contribution in [0.3, 0.4) is 0 Å². The molecular weight excluding hydrogens is 264 g/mol. The van der Waals surface area contributed by atoms with Crippen molar-refractivity contribution < 1.29 is 19.1 Å². The number of alkyl halides is 1. The van der Waals surface area contributed by atoms with E-state index in [9.17, 15) is 9.59 Å². The summed E-state index contributed by atoms with van der Waals surface area (Å²) < 4.78 is 10.3. The Morgan fingerprint density at radius 1 is 1.40 bits per heavy atom. The molecule has 4 nitrogen and oxygen atoms in total. The molecule has 2 atom stereocenters. The van der Waals surface area contributed by atoms with Crippen LogP contribution in [0.4, 0.5) is 0 Å². The first-order valence-electron chi connectivity index (χ1n) is 4.90. The van der Waals surface area contributed by atoms with Crippen LogP contribution < -0.4 is 0 Å². The lowest BCUT2D eigenvalue weighted by Gasteiger charge is -2.15. The Hall–Kier alpha value is -0.580. The molecule has 0 aromatic carbocycles. The van der Waals surface area contributed by atoms with Gasteiger partial charge in [-0.1, -0.05) is 15.9 Å². The average molecular weight is 277 g/mol. The molecule has 1 spiro atoms. The Morgan fingerprint density at radius 2 is 2.07 bits per heavy atom. The number of esters is 2. The zero-order valence-corrected chi connectivity index (χ0v) is 10.3. The van der Waals surface area contributed by atoms with E-state index in [1.807, 2.05) is 13.8 Å². The summed E-state index contributed by atoms with van der Waals surface area (Å²) in [5, 5.41) is 0.564. The van der Waals surface area contributed by atoms with Gasteiger partial charge in [-0.2, -0.15) is 0 Å². The lowest BCUT2D eigenvalue weighted by atomic mass is 9.79. The van der Waals surface area contributed by atoms with Crippen molar-refractivity contribution >= 4 is 27.9 Å². The number of ether oxygens (including phenoxy) is 2. The molecule has 2 heterocycles. The first-order valence-corrected chi connectivity index (χ1v) is 6.02. The maximum Gasteiger partial charge on any atom is 0.324 e. The molecule has 0 aliphatic carbocycles. The summed E-state index contributed by atoms with van der Waals surface area (Å²) >= 11 is 3.25. The molecule has 2 rings (SSSR count). The van der Waals surface area contributed by atoms with E-state index < -0.39 is 23.0 Å². The molecular formula is C10H13BrO4. The Kier molecular flexibility index (Phi) is 2.33. The predicted octanol–water partition coefficient (Wildman–Crippen LogP) is 1.41. The third-order valence-corrected chi connectivity index (χ3v) is 3.62. The predicted molar refractivity (Wildman–Crippen MR) is 55.5 cm³/mol. The lowest BCUT2D eigenvalue weighted by molar-refractivity contribution is -0.159. The fraction of sp³-hybridized carbons (Fsp3) is 0.800. The highest BCUT2D eigenvalue weighted by Crippen LogP contribution is 2.48. The van der Waals surface area contributed by atoms with Crippen LogP contribution in [0, 0.1) is 5.41 Å². The van der Waals surface area contributed by atoms with Gasteiger partial charge >= 0.3 is 11.9 Å². The van der Waals surface area contributed by atoms with Gasteiger partial charge in [-0.15, -0.1) is 0 Å². The summed E-state index contributed by atoms with van der Waals surface area (Å²) in [6, 6.07) is 0. The highest BCUT2D eigenvalue weighted by Gasteiger charge is 2.63. The van der Waals surface area contributed by atoms with E-state index in [2.05, 4.69) is 15.9 Å². The zero-order chi connectivity index (χ0) is 11.3. The molecule has 2 aliphatic rings. The third kappa shape index (κ3) is 1.57. The fourth-order valence-corrected chi connectivity index (χ4v) is 2.72. The largest absolute Gasteiger partial charge is 0.461 e. The maximum atomic E-state index is 11.7. The number of hydrogen-bond donors (Lipinski definition) is 0. The zero-order valence-electron chi connectivity index (χ0n) is 8.71. The highest BCUT2D eigenvalue weighted by molar-refractivity contribution is 9.09. The van der Waals surface area contributed by atoms with Gasteiger partial charge < -0.3 is 9.47 Å². The molecule has 0 aromatic rings. The van der Waals surface area contributed by atoms with Crippen molar-refractivity contribution in [1.82, 2.24) is 0 Å². The van der Waals surface area contributed by atoms with Crippen molar-refractivity contribution in [2.75, 3.05) is 5.33 Å². The van der Waals surface area contributed by atoms with Gasteiger partial charge in [-0.05, 0) is 13.8 Å². The van der Waals surface area contributed by atoms with Crippen molar-refractivity contribution in [3.05, 3.63) is 0 Å². The van der Waals surface area contributed by atoms with Crippen LogP contribution in [-0.4, -0.2) is 29.0 Å². The van der Waals surface area contributed by atoms with E-state index in [1.165, 1.54) is 0 Å². The first-order chi connectivity index (χ1) is 6.89. The van der Waals surface area contributed by atoms with Crippen molar-refractivity contribution in [3.8, 4) is 0 Å². The standard InChI is InChI=1S/C10H13BrO4/c1-9(2)5-10(8(13)15-9)3-6(4-11)14-7(10)12/h6H,3-5H2,1-2H3/t6-,10+/m1/s1. The fourth-order valence-electron chi connectivity index (χ4n) is 2.36. The smallest absolute Gasteiger partial charge is 0.324 e. The minimum absolute atomic E-state index is 0.209. The van der Waals surface area contributed by atoms with Gasteiger partial charge in [-0.25, -0.2) is 0 Å². The van der Waals surface area contributed by atoms with Gasteiger partial charge in [0.25, 0.3) is 0 Å². The van der Waals surface area contributed by atoms with Gasteiger partial charge in [0, 0.05) is 18.2 Å². The third-order valence-electron chi connectivity index (χ3n) is 2.90. The van der Waals surface area contributed by atoms with Gasteiger partial charge in [0.15, 0.2) is 5.41 Å². The van der Waals surface area contributed by atoms with Gasteiger partial charge in [-0.3, -0.25) is 9.59 Å². The number of cyclic esters (lactones) is 2. The summed E-state index contributed by atoms with van der Waals surface area (Å²) in [7, 11) is 0. The maximum absolute atomic E-state index is 11.7. The van der Waals surface area contributed by atoms with E-state index >= 15 is 0 Å². The monoisotopic (exact) mass is 276 g/mol. The second-order valence-electron chi connectivity index (χ2n) is 4.79. The van der Waals surface area contributed by atoms with Gasteiger partial charge in [0.1, 0.15) is 11.7 Å². The van der Waals surface area contributed by atoms with Crippen LogP contribution in [0.25, 0.3) is 0 Å². The normalized spacial score (nSPS) is 38.2. The number of rotatable bonds is 1. The topological polar surface area (TPSA) is 52.6 Å². The Balaban J connectivity index is 2.28. The first kappa shape index (κ1) is 10.9. The van der Waals surface area contributed by atoms with Crippen LogP contribution >= 0.6 is 15.9 Å². The molecule has 0 saturated carbocycles. The minimum atomic E-state index is -1.04. The summed E-state index contributed by atoms with van der Waals surface area (Å²) in [6.07, 6.45) is 0.638. The van der Waals surface area contributed by atoms with Crippen LogP contribution in [0.1, 0.15) is 26.7 Å². The molecule has 0 amide bonds. The lowest BCUT2D eigenvalue weighted by Crippen LogP contribution is -2.31. The molecule has 0 aromatic heterocycles. The highest BCUT2D eigenvalue weighted by atomic mass is 79.9. The van der Waals surface area contributed by atoms with E-state index in [4.69, 9.17) is 9.47 Å². The van der Waals surface area contributed by atoms with Crippen molar-refractivity contribution in [2.24, 2.45) is 5.41 Å². The van der Waals surface area contributed by atoms with E-state index in [-0.39, 0.29) is 6.10 Å². The average Bonchev–Trinajstić information content (AvgIpc) is 2.53. The van der Waals surface area contributed by atoms with E-state index in [0.717, 1.165) is 0 Å². The van der Waals surface area contributed by atoms with Gasteiger partial charge in [0.2, 0.25) is 0 Å². The van der Waals surface area contributed by atoms with Crippen molar-refractivity contribution in [2.45, 2.75) is 38.4 Å². The van der Waals surface area contributed by atoms with Crippen LogP contribution in [0.5, 0.6) is 0 Å². The van der Waals surface area contributed by atoms with Crippen LogP contribution in [0.15, 0.2) is 0 Å². The van der Waals surface area contributed by atoms with E-state index in [0.29, 0.717) is 18.2 Å². The Labute approximate surface area is 96.4 Å². The summed E-state index contributed by atoms with van der Waals surface area (Å²) in [5.41, 5.74) is -1.60. The molecule has 0 N–H and O–H groups in total. The minimum Gasteiger partial charge on any atom is -0.461 e. The number of carbonyl (C=O) groups is 2. The Morgan fingerprint density at radius 3 is 2.47 bits per heavy atom. The second kappa shape index (κ2) is 3.20. The number of halogens is 1. The molecule has 2 aliphatic heterocycles. The van der Waals surface area contributed by atoms with Gasteiger partial charge in [0.05, 0.1) is 0 Å². The van der Waals surface area contributed by atoms with Crippen molar-refractivity contribution in [3.63, 3.8) is 0 Å². The molecule has 0 radical (unpaired) electrons. The molecule has 84 valence electrons. The SMILES string of the molecule is CC1(C)C[C@]2(C[C@H](CBr)OC2=O)C(=O)O1. The molecule has 0 bridgehead atoms. The van der Waals surface area contributed by atoms with Crippen LogP contribution in [0.2, 0.25) is 0 Å². The summed E-state index contributed by atoms with van der Waals surface area (Å²) in [4.78, 5) is 23.5. The molecule has 0 unspecified atom stereocenters. The number of carbonyl (C=O) groups excluding carboxylic acids is 2.